The molecular weight excluding hydrogens is 158 g/mol. The topological polar surface area (TPSA) is 86.0 Å². The SMILES string of the molecule is CCNc1nc(N)nnc1OC. The maximum absolute atomic E-state index is 5.33. The lowest BCUT2D eigenvalue weighted by molar-refractivity contribution is 0.392. The molecule has 0 fully saturated rings. The number of hydrogen-bond donors (Lipinski definition) is 2. The van der Waals surface area contributed by atoms with Gasteiger partial charge in [-0.05, 0) is 6.92 Å². The van der Waals surface area contributed by atoms with E-state index in [1.807, 2.05) is 6.92 Å². The highest BCUT2D eigenvalue weighted by Gasteiger charge is 2.05. The fraction of sp³-hybridized carbons (Fsp3) is 0.500. The largest absolute Gasteiger partial charge is 0.477 e. The summed E-state index contributed by atoms with van der Waals surface area (Å²) in [5, 5.41) is 10.2. The van der Waals surface area contributed by atoms with Crippen LogP contribution in [0.1, 0.15) is 6.92 Å². The van der Waals surface area contributed by atoms with Crippen LogP contribution in [0.15, 0.2) is 0 Å². The average Bonchev–Trinajstić information content (AvgIpc) is 2.05. The van der Waals surface area contributed by atoms with Gasteiger partial charge in [-0.2, -0.15) is 4.98 Å². The Morgan fingerprint density at radius 3 is 2.83 bits per heavy atom. The summed E-state index contributed by atoms with van der Waals surface area (Å²) < 4.78 is 4.90. The van der Waals surface area contributed by atoms with Gasteiger partial charge in [0.1, 0.15) is 0 Å². The first-order valence-electron chi connectivity index (χ1n) is 3.56. The second-order valence-electron chi connectivity index (χ2n) is 2.06. The van der Waals surface area contributed by atoms with Crippen LogP contribution in [0.3, 0.4) is 0 Å². The minimum atomic E-state index is 0.131. The summed E-state index contributed by atoms with van der Waals surface area (Å²) in [4.78, 5) is 3.90. The average molecular weight is 169 g/mol. The van der Waals surface area contributed by atoms with Gasteiger partial charge >= 0.3 is 0 Å². The van der Waals surface area contributed by atoms with E-state index in [1.165, 1.54) is 7.11 Å². The number of nitrogens with zero attached hydrogens (tertiary/aromatic N) is 3. The minimum absolute atomic E-state index is 0.131. The van der Waals surface area contributed by atoms with Gasteiger partial charge in [0.2, 0.25) is 5.95 Å². The first kappa shape index (κ1) is 8.51. The number of nitrogen functional groups attached to an aromatic ring is 1. The van der Waals surface area contributed by atoms with Crippen molar-refractivity contribution in [3.8, 4) is 5.88 Å². The van der Waals surface area contributed by atoms with E-state index in [2.05, 4.69) is 20.5 Å². The van der Waals surface area contributed by atoms with E-state index in [0.29, 0.717) is 11.7 Å². The number of rotatable bonds is 3. The van der Waals surface area contributed by atoms with Crippen LogP contribution < -0.4 is 15.8 Å². The zero-order valence-electron chi connectivity index (χ0n) is 7.03. The van der Waals surface area contributed by atoms with Gasteiger partial charge in [-0.3, -0.25) is 0 Å². The molecule has 0 aliphatic rings. The van der Waals surface area contributed by atoms with E-state index in [-0.39, 0.29) is 5.95 Å². The molecule has 0 spiro atoms. The van der Waals surface area contributed by atoms with Crippen molar-refractivity contribution in [2.75, 3.05) is 24.7 Å². The van der Waals surface area contributed by atoms with Crippen LogP contribution in [0.2, 0.25) is 0 Å². The Labute approximate surface area is 70.2 Å². The van der Waals surface area contributed by atoms with Crippen molar-refractivity contribution in [3.63, 3.8) is 0 Å². The van der Waals surface area contributed by atoms with Crippen LogP contribution in [0.4, 0.5) is 11.8 Å². The second-order valence-corrected chi connectivity index (χ2v) is 2.06. The molecule has 6 heteroatoms. The lowest BCUT2D eigenvalue weighted by Crippen LogP contribution is -2.07. The summed E-state index contributed by atoms with van der Waals surface area (Å²) in [5.41, 5.74) is 5.33. The number of ether oxygens (including phenoxy) is 1. The summed E-state index contributed by atoms with van der Waals surface area (Å²) in [6, 6.07) is 0. The fourth-order valence-electron chi connectivity index (χ4n) is 0.749. The van der Waals surface area contributed by atoms with Gasteiger partial charge in [0.05, 0.1) is 7.11 Å². The zero-order chi connectivity index (χ0) is 8.97. The maximum Gasteiger partial charge on any atom is 0.276 e. The van der Waals surface area contributed by atoms with Gasteiger partial charge < -0.3 is 15.8 Å². The van der Waals surface area contributed by atoms with Gasteiger partial charge in [-0.1, -0.05) is 0 Å². The Morgan fingerprint density at radius 1 is 1.50 bits per heavy atom. The highest BCUT2D eigenvalue weighted by Crippen LogP contribution is 2.16. The molecule has 1 aromatic heterocycles. The Balaban J connectivity index is 2.95. The first-order chi connectivity index (χ1) is 5.77. The van der Waals surface area contributed by atoms with Crippen molar-refractivity contribution in [2.45, 2.75) is 6.92 Å². The quantitative estimate of drug-likeness (QED) is 0.656. The lowest BCUT2D eigenvalue weighted by Gasteiger charge is -2.05. The first-order valence-corrected chi connectivity index (χ1v) is 3.56. The Bertz CT molecular complexity index is 264. The van der Waals surface area contributed by atoms with E-state index >= 15 is 0 Å². The second kappa shape index (κ2) is 3.70. The van der Waals surface area contributed by atoms with E-state index in [9.17, 15) is 0 Å². The Hall–Kier alpha value is -1.59. The lowest BCUT2D eigenvalue weighted by atomic mass is 10.6. The Kier molecular flexibility index (Phi) is 2.62. The van der Waals surface area contributed by atoms with E-state index in [1.54, 1.807) is 0 Å². The van der Waals surface area contributed by atoms with Crippen molar-refractivity contribution in [1.29, 1.82) is 0 Å². The highest BCUT2D eigenvalue weighted by atomic mass is 16.5. The van der Waals surface area contributed by atoms with Crippen molar-refractivity contribution in [3.05, 3.63) is 0 Å². The molecule has 0 aromatic carbocycles. The van der Waals surface area contributed by atoms with Crippen LogP contribution in [-0.4, -0.2) is 28.8 Å². The molecule has 0 radical (unpaired) electrons. The third-order valence-corrected chi connectivity index (χ3v) is 1.21. The molecule has 0 saturated carbocycles. The number of hydrogen-bond acceptors (Lipinski definition) is 6. The van der Waals surface area contributed by atoms with Crippen LogP contribution in [0.5, 0.6) is 5.88 Å². The van der Waals surface area contributed by atoms with E-state index in [0.717, 1.165) is 6.54 Å². The number of aromatic nitrogens is 3. The monoisotopic (exact) mass is 169 g/mol. The van der Waals surface area contributed by atoms with E-state index in [4.69, 9.17) is 10.5 Å². The maximum atomic E-state index is 5.33. The standard InChI is InChI=1S/C6H11N5O/c1-3-8-4-5(12-2)10-11-6(7)9-4/h3H2,1-2H3,(H3,7,8,9,11). The zero-order valence-corrected chi connectivity index (χ0v) is 7.03. The van der Waals surface area contributed by atoms with Gasteiger partial charge in [0.15, 0.2) is 5.82 Å². The summed E-state index contributed by atoms with van der Waals surface area (Å²) in [6.45, 7) is 2.67. The summed E-state index contributed by atoms with van der Waals surface area (Å²) in [6.07, 6.45) is 0. The molecule has 1 aromatic rings. The number of anilines is 2. The third-order valence-electron chi connectivity index (χ3n) is 1.21. The molecule has 0 saturated heterocycles. The van der Waals surface area contributed by atoms with Crippen molar-refractivity contribution < 1.29 is 4.74 Å². The predicted octanol–water partition coefficient (Wildman–Crippen LogP) is -0.106. The summed E-state index contributed by atoms with van der Waals surface area (Å²) in [7, 11) is 1.50. The van der Waals surface area contributed by atoms with Gasteiger partial charge in [-0.25, -0.2) is 0 Å². The molecule has 0 aliphatic heterocycles. The summed E-state index contributed by atoms with van der Waals surface area (Å²) >= 11 is 0. The number of methoxy groups -OCH3 is 1. The highest BCUT2D eigenvalue weighted by molar-refractivity contribution is 5.46. The van der Waals surface area contributed by atoms with Crippen LogP contribution in [0.25, 0.3) is 0 Å². The fourth-order valence-corrected chi connectivity index (χ4v) is 0.749. The van der Waals surface area contributed by atoms with Crippen molar-refractivity contribution >= 4 is 11.8 Å². The Morgan fingerprint density at radius 2 is 2.25 bits per heavy atom. The molecule has 0 atom stereocenters. The molecule has 0 bridgehead atoms. The van der Waals surface area contributed by atoms with E-state index < -0.39 is 0 Å². The number of nitrogens with one attached hydrogen (secondary N) is 1. The molecule has 1 rings (SSSR count). The molecule has 3 N–H and O–H groups in total. The van der Waals surface area contributed by atoms with Gasteiger partial charge in [0, 0.05) is 6.54 Å². The predicted molar refractivity (Wildman–Crippen MR) is 45.0 cm³/mol. The number of nitrogens with two attached hydrogens (primary N) is 1. The molecule has 66 valence electrons. The molecular formula is C6H11N5O. The molecule has 1 heterocycles. The van der Waals surface area contributed by atoms with Crippen LogP contribution in [0, 0.1) is 0 Å². The molecule has 0 aliphatic carbocycles. The van der Waals surface area contributed by atoms with Crippen molar-refractivity contribution in [1.82, 2.24) is 15.2 Å². The van der Waals surface area contributed by atoms with Gasteiger partial charge in [-0.15, -0.1) is 10.2 Å². The molecule has 6 nitrogen and oxygen atoms in total. The smallest absolute Gasteiger partial charge is 0.276 e. The normalized spacial score (nSPS) is 9.50. The van der Waals surface area contributed by atoms with Crippen molar-refractivity contribution in [2.24, 2.45) is 0 Å². The molecule has 0 amide bonds. The van der Waals surface area contributed by atoms with Crippen LogP contribution >= 0.6 is 0 Å². The minimum Gasteiger partial charge on any atom is -0.477 e. The third kappa shape index (κ3) is 1.71. The molecule has 12 heavy (non-hydrogen) atoms. The summed E-state index contributed by atoms with van der Waals surface area (Å²) in [5.74, 6) is 1.00. The molecule has 0 unspecified atom stereocenters. The van der Waals surface area contributed by atoms with Gasteiger partial charge in [0.25, 0.3) is 5.88 Å². The van der Waals surface area contributed by atoms with Crippen LogP contribution in [-0.2, 0) is 0 Å².